The first kappa shape index (κ1) is 18.6. The van der Waals surface area contributed by atoms with Gasteiger partial charge in [0.2, 0.25) is 5.78 Å². The minimum atomic E-state index is -0.905. The Morgan fingerprint density at radius 2 is 1.80 bits per heavy atom. The number of hydrogen-bond acceptors (Lipinski definition) is 4. The van der Waals surface area contributed by atoms with E-state index >= 15 is 0 Å². The predicted molar refractivity (Wildman–Crippen MR) is 92.5 cm³/mol. The van der Waals surface area contributed by atoms with E-state index in [2.05, 4.69) is 0 Å². The summed E-state index contributed by atoms with van der Waals surface area (Å²) in [5.74, 6) is -1.30. The average Bonchev–Trinajstić information content (AvgIpc) is 2.56. The lowest BCUT2D eigenvalue weighted by molar-refractivity contribution is -0.145. The molecule has 0 amide bonds. The first-order chi connectivity index (χ1) is 11.8. The van der Waals surface area contributed by atoms with Crippen molar-refractivity contribution < 1.29 is 23.5 Å². The summed E-state index contributed by atoms with van der Waals surface area (Å²) >= 11 is 0. The number of halogens is 1. The van der Waals surface area contributed by atoms with Crippen molar-refractivity contribution in [2.24, 2.45) is 0 Å². The number of ketones is 1. The summed E-state index contributed by atoms with van der Waals surface area (Å²) in [6.45, 7) is 5.41. The molecule has 0 bridgehead atoms. The summed E-state index contributed by atoms with van der Waals surface area (Å²) in [4.78, 5) is 24.4. The molecule has 0 saturated carbocycles. The lowest BCUT2D eigenvalue weighted by atomic mass is 10.0. The number of aryl methyl sites for hydroxylation is 2. The van der Waals surface area contributed by atoms with E-state index < -0.39 is 17.9 Å². The molecule has 0 aliphatic rings. The highest BCUT2D eigenvalue weighted by atomic mass is 19.1. The average molecular weight is 344 g/mol. The van der Waals surface area contributed by atoms with Crippen LogP contribution in [0.15, 0.2) is 36.4 Å². The second-order valence-corrected chi connectivity index (χ2v) is 5.94. The van der Waals surface area contributed by atoms with Gasteiger partial charge in [0.25, 0.3) is 0 Å². The number of ether oxygens (including phenoxy) is 2. The van der Waals surface area contributed by atoms with Crippen molar-refractivity contribution in [3.63, 3.8) is 0 Å². The maximum atomic E-state index is 13.7. The van der Waals surface area contributed by atoms with Gasteiger partial charge in [-0.1, -0.05) is 18.2 Å². The Bertz CT molecular complexity index is 798. The molecule has 0 aliphatic carbocycles. The van der Waals surface area contributed by atoms with Gasteiger partial charge < -0.3 is 9.47 Å². The van der Waals surface area contributed by atoms with Crippen LogP contribution in [-0.4, -0.2) is 25.0 Å². The van der Waals surface area contributed by atoms with Gasteiger partial charge in [0.05, 0.1) is 13.5 Å². The quantitative estimate of drug-likeness (QED) is 0.591. The lowest BCUT2D eigenvalue weighted by Gasteiger charge is -2.13. The number of hydrogen-bond donors (Lipinski definition) is 0. The highest BCUT2D eigenvalue weighted by Gasteiger charge is 2.20. The molecule has 0 spiro atoms. The minimum Gasteiger partial charge on any atom is -0.494 e. The number of carbonyl (C=O) groups is 2. The number of Topliss-reactive ketones (excluding diaryl/α,β-unsaturated/α-hetero) is 1. The molecule has 0 fully saturated rings. The number of rotatable bonds is 6. The maximum absolute atomic E-state index is 13.7. The molecule has 0 N–H and O–H groups in total. The maximum Gasteiger partial charge on any atom is 0.310 e. The molecule has 2 aromatic carbocycles. The minimum absolute atomic E-state index is 0.107. The van der Waals surface area contributed by atoms with Gasteiger partial charge in [-0.05, 0) is 55.7 Å². The molecule has 25 heavy (non-hydrogen) atoms. The van der Waals surface area contributed by atoms with Crippen molar-refractivity contribution in [1.82, 2.24) is 0 Å². The molecular formula is C20H21FO4. The van der Waals surface area contributed by atoms with Crippen LogP contribution in [0, 0.1) is 19.7 Å². The Balaban J connectivity index is 2.00. The summed E-state index contributed by atoms with van der Waals surface area (Å²) in [7, 11) is 1.37. The third-order valence-electron chi connectivity index (χ3n) is 4.03. The molecule has 0 radical (unpaired) electrons. The highest BCUT2D eigenvalue weighted by molar-refractivity contribution is 6.00. The van der Waals surface area contributed by atoms with Gasteiger partial charge in [-0.3, -0.25) is 9.59 Å². The summed E-state index contributed by atoms with van der Waals surface area (Å²) in [6.07, 6.45) is -1.02. The molecule has 4 nitrogen and oxygen atoms in total. The van der Waals surface area contributed by atoms with E-state index in [1.807, 2.05) is 19.9 Å². The van der Waals surface area contributed by atoms with Crippen molar-refractivity contribution in [2.45, 2.75) is 33.3 Å². The Labute approximate surface area is 146 Å². The van der Waals surface area contributed by atoms with Crippen LogP contribution in [0.4, 0.5) is 4.39 Å². The molecule has 2 rings (SSSR count). The molecule has 0 heterocycles. The van der Waals surface area contributed by atoms with Crippen LogP contribution in [0.1, 0.15) is 34.0 Å². The molecule has 0 aromatic heterocycles. The fraction of sp³-hybridized carbons (Fsp3) is 0.300. The van der Waals surface area contributed by atoms with Gasteiger partial charge in [0.1, 0.15) is 0 Å². The molecule has 0 saturated heterocycles. The van der Waals surface area contributed by atoms with E-state index in [0.29, 0.717) is 11.1 Å². The predicted octanol–water partition coefficient (Wildman–Crippen LogP) is 3.81. The van der Waals surface area contributed by atoms with Gasteiger partial charge in [-0.25, -0.2) is 4.39 Å². The Morgan fingerprint density at radius 1 is 1.08 bits per heavy atom. The molecule has 2 aromatic rings. The lowest BCUT2D eigenvalue weighted by Crippen LogP contribution is -2.25. The smallest absolute Gasteiger partial charge is 0.310 e. The van der Waals surface area contributed by atoms with Gasteiger partial charge in [0, 0.05) is 5.56 Å². The van der Waals surface area contributed by atoms with Crippen LogP contribution in [-0.2, 0) is 16.0 Å². The van der Waals surface area contributed by atoms with E-state index in [-0.39, 0.29) is 18.0 Å². The zero-order valence-electron chi connectivity index (χ0n) is 14.8. The molecule has 132 valence electrons. The van der Waals surface area contributed by atoms with E-state index in [0.717, 1.165) is 11.1 Å². The van der Waals surface area contributed by atoms with Crippen LogP contribution in [0.3, 0.4) is 0 Å². The number of methoxy groups -OCH3 is 1. The number of esters is 1. The topological polar surface area (TPSA) is 52.6 Å². The summed E-state index contributed by atoms with van der Waals surface area (Å²) in [5.41, 5.74) is 3.04. The zero-order chi connectivity index (χ0) is 18.6. The van der Waals surface area contributed by atoms with Crippen LogP contribution in [0.5, 0.6) is 5.75 Å². The standard InChI is InChI=1S/C20H21FO4/c1-12-5-7-16(9-13(12)2)20(23)14(3)25-19(22)11-15-6-8-18(24-4)17(21)10-15/h5-10,14H,11H2,1-4H3/t14-/m0/s1. The number of benzene rings is 2. The molecule has 5 heteroatoms. The third-order valence-corrected chi connectivity index (χ3v) is 4.03. The van der Waals surface area contributed by atoms with Gasteiger partial charge in [0.15, 0.2) is 17.7 Å². The van der Waals surface area contributed by atoms with Crippen molar-refractivity contribution in [3.8, 4) is 5.75 Å². The molecular weight excluding hydrogens is 323 g/mol. The van der Waals surface area contributed by atoms with Gasteiger partial charge in [-0.2, -0.15) is 0 Å². The first-order valence-electron chi connectivity index (χ1n) is 7.95. The van der Waals surface area contributed by atoms with E-state index in [4.69, 9.17) is 9.47 Å². The normalized spacial score (nSPS) is 11.7. The second-order valence-electron chi connectivity index (χ2n) is 5.94. The summed E-state index contributed by atoms with van der Waals surface area (Å²) < 4.78 is 23.7. The van der Waals surface area contributed by atoms with Crippen molar-refractivity contribution in [3.05, 3.63) is 64.5 Å². The summed E-state index contributed by atoms with van der Waals surface area (Å²) in [5, 5.41) is 0. The third kappa shape index (κ3) is 4.66. The SMILES string of the molecule is COc1ccc(CC(=O)O[C@@H](C)C(=O)c2ccc(C)c(C)c2)cc1F. The Morgan fingerprint density at radius 3 is 2.40 bits per heavy atom. The van der Waals surface area contributed by atoms with E-state index in [9.17, 15) is 14.0 Å². The van der Waals surface area contributed by atoms with Gasteiger partial charge in [-0.15, -0.1) is 0 Å². The van der Waals surface area contributed by atoms with Crippen molar-refractivity contribution in [2.75, 3.05) is 7.11 Å². The molecule has 0 aliphatic heterocycles. The fourth-order valence-corrected chi connectivity index (χ4v) is 2.41. The van der Waals surface area contributed by atoms with Gasteiger partial charge >= 0.3 is 5.97 Å². The molecule has 1 atom stereocenters. The van der Waals surface area contributed by atoms with E-state index in [1.165, 1.54) is 26.2 Å². The van der Waals surface area contributed by atoms with E-state index in [1.54, 1.807) is 18.2 Å². The summed E-state index contributed by atoms with van der Waals surface area (Å²) in [6, 6.07) is 9.60. The van der Waals surface area contributed by atoms with Crippen molar-refractivity contribution >= 4 is 11.8 Å². The number of carbonyl (C=O) groups excluding carboxylic acids is 2. The van der Waals surface area contributed by atoms with Crippen LogP contribution in [0.2, 0.25) is 0 Å². The highest BCUT2D eigenvalue weighted by Crippen LogP contribution is 2.18. The van der Waals surface area contributed by atoms with Crippen LogP contribution >= 0.6 is 0 Å². The fourth-order valence-electron chi connectivity index (χ4n) is 2.41. The second kappa shape index (κ2) is 7.92. The van der Waals surface area contributed by atoms with Crippen LogP contribution < -0.4 is 4.74 Å². The van der Waals surface area contributed by atoms with Crippen molar-refractivity contribution in [1.29, 1.82) is 0 Å². The molecule has 0 unspecified atom stereocenters. The largest absolute Gasteiger partial charge is 0.494 e. The Kier molecular flexibility index (Phi) is 5.91. The monoisotopic (exact) mass is 344 g/mol. The zero-order valence-corrected chi connectivity index (χ0v) is 14.8. The Hall–Kier alpha value is -2.69. The van der Waals surface area contributed by atoms with Crippen LogP contribution in [0.25, 0.3) is 0 Å². The first-order valence-corrected chi connectivity index (χ1v) is 7.95.